The Bertz CT molecular complexity index is 1150. The molecule has 174 valence electrons. The highest BCUT2D eigenvalue weighted by Gasteiger charge is 2.30. The van der Waals surface area contributed by atoms with Crippen LogP contribution in [-0.4, -0.2) is 61.3 Å². The van der Waals surface area contributed by atoms with Gasteiger partial charge in [-0.25, -0.2) is 19.3 Å². The quantitative estimate of drug-likeness (QED) is 0.603. The minimum atomic E-state index is -0.492. The summed E-state index contributed by atoms with van der Waals surface area (Å²) in [5.74, 6) is 1.62. The number of ether oxygens (including phenoxy) is 1. The maximum atomic E-state index is 12.3. The molecule has 3 aromatic heterocycles. The fourth-order valence-electron chi connectivity index (χ4n) is 4.12. The van der Waals surface area contributed by atoms with Crippen LogP contribution in [-0.2, 0) is 4.74 Å². The monoisotopic (exact) mass is 449 g/mol. The van der Waals surface area contributed by atoms with E-state index < -0.39 is 5.60 Å². The molecule has 0 spiro atoms. The molecule has 1 unspecified atom stereocenters. The van der Waals surface area contributed by atoms with Gasteiger partial charge in [-0.1, -0.05) is 6.07 Å². The van der Waals surface area contributed by atoms with Gasteiger partial charge in [0.25, 0.3) is 0 Å². The van der Waals surface area contributed by atoms with Gasteiger partial charge in [-0.2, -0.15) is 0 Å². The molecule has 0 aromatic carbocycles. The number of likely N-dealkylation sites (tertiary alicyclic amines) is 1. The van der Waals surface area contributed by atoms with Gasteiger partial charge in [0.15, 0.2) is 5.65 Å². The molecule has 5 rings (SSSR count). The van der Waals surface area contributed by atoms with Gasteiger partial charge in [0.2, 0.25) is 0 Å². The summed E-state index contributed by atoms with van der Waals surface area (Å²) in [7, 11) is 0. The van der Waals surface area contributed by atoms with E-state index in [1.807, 2.05) is 55.6 Å². The van der Waals surface area contributed by atoms with Gasteiger partial charge in [0.1, 0.15) is 22.9 Å². The van der Waals surface area contributed by atoms with Gasteiger partial charge in [-0.15, -0.1) is 5.10 Å². The number of carbonyl (C=O) groups is 1. The Morgan fingerprint density at radius 1 is 1.06 bits per heavy atom. The predicted octanol–water partition coefficient (Wildman–Crippen LogP) is 4.18. The first-order valence-electron chi connectivity index (χ1n) is 11.7. The Hall–Kier alpha value is -3.36. The number of hydrogen-bond donors (Lipinski definition) is 2. The molecular weight excluding hydrogens is 418 g/mol. The number of anilines is 2. The molecule has 1 atom stereocenters. The van der Waals surface area contributed by atoms with Crippen molar-refractivity contribution in [3.05, 3.63) is 36.5 Å². The Kier molecular flexibility index (Phi) is 5.55. The molecule has 33 heavy (non-hydrogen) atoms. The Morgan fingerprint density at radius 3 is 2.64 bits per heavy atom. The maximum absolute atomic E-state index is 12.3. The van der Waals surface area contributed by atoms with Gasteiger partial charge in [0.05, 0.1) is 11.9 Å². The lowest BCUT2D eigenvalue weighted by atomic mass is 9.93. The fraction of sp³-hybridized carbons (Fsp3) is 0.500. The van der Waals surface area contributed by atoms with E-state index in [0.29, 0.717) is 19.1 Å². The third-order valence-electron chi connectivity index (χ3n) is 6.02. The van der Waals surface area contributed by atoms with E-state index >= 15 is 0 Å². The van der Waals surface area contributed by atoms with Gasteiger partial charge < -0.3 is 20.3 Å². The molecule has 1 aliphatic heterocycles. The van der Waals surface area contributed by atoms with Crippen LogP contribution >= 0.6 is 0 Å². The number of imidazole rings is 1. The highest BCUT2D eigenvalue weighted by atomic mass is 16.6. The number of nitrogens with one attached hydrogen (secondary N) is 2. The molecule has 0 bridgehead atoms. The van der Waals surface area contributed by atoms with Crippen molar-refractivity contribution in [1.82, 2.24) is 24.5 Å². The summed E-state index contributed by atoms with van der Waals surface area (Å²) in [6, 6.07) is 10.5. The minimum Gasteiger partial charge on any atom is -0.444 e. The first kappa shape index (κ1) is 21.5. The van der Waals surface area contributed by atoms with E-state index in [1.165, 1.54) is 19.3 Å². The van der Waals surface area contributed by atoms with E-state index in [2.05, 4.69) is 15.6 Å². The van der Waals surface area contributed by atoms with Crippen molar-refractivity contribution in [3.8, 4) is 11.4 Å². The van der Waals surface area contributed by atoms with Crippen molar-refractivity contribution < 1.29 is 9.53 Å². The number of amides is 1. The molecular formula is C24H31N7O2. The minimum absolute atomic E-state index is 0.124. The highest BCUT2D eigenvalue weighted by Crippen LogP contribution is 2.25. The molecule has 2 fully saturated rings. The van der Waals surface area contributed by atoms with Crippen LogP contribution in [0.4, 0.5) is 16.4 Å². The zero-order valence-corrected chi connectivity index (χ0v) is 19.4. The number of pyridine rings is 1. The molecule has 9 nitrogen and oxygen atoms in total. The maximum Gasteiger partial charge on any atom is 0.410 e. The summed E-state index contributed by atoms with van der Waals surface area (Å²) in [6.07, 6.45) is 6.05. The predicted molar refractivity (Wildman–Crippen MR) is 127 cm³/mol. The molecule has 4 heterocycles. The van der Waals surface area contributed by atoms with E-state index in [1.54, 1.807) is 11.1 Å². The van der Waals surface area contributed by atoms with Gasteiger partial charge in [-0.05, 0) is 70.7 Å². The summed E-state index contributed by atoms with van der Waals surface area (Å²) in [4.78, 5) is 23.4. The Morgan fingerprint density at radius 2 is 1.88 bits per heavy atom. The van der Waals surface area contributed by atoms with Crippen molar-refractivity contribution in [2.24, 2.45) is 0 Å². The normalized spacial score (nSPS) is 18.9. The number of fused-ring (bicyclic) bond motifs is 1. The molecule has 2 aliphatic rings. The lowest BCUT2D eigenvalue weighted by Crippen LogP contribution is -2.36. The number of aromatic nitrogens is 4. The SMILES string of the molecule is CC(C)(C)OC(=O)N1CCC(Nc2cccc(-c3cnc4ccc(NC5CCC5)nn34)n2)C1. The van der Waals surface area contributed by atoms with E-state index in [4.69, 9.17) is 14.8 Å². The second-order valence-corrected chi connectivity index (χ2v) is 9.87. The Labute approximate surface area is 193 Å². The highest BCUT2D eigenvalue weighted by molar-refractivity contribution is 5.69. The van der Waals surface area contributed by atoms with Crippen molar-refractivity contribution >= 4 is 23.4 Å². The zero-order valence-electron chi connectivity index (χ0n) is 19.4. The second kappa shape index (κ2) is 8.53. The number of hydrogen-bond acceptors (Lipinski definition) is 7. The van der Waals surface area contributed by atoms with Crippen molar-refractivity contribution in [3.63, 3.8) is 0 Å². The van der Waals surface area contributed by atoms with Crippen LogP contribution in [0.1, 0.15) is 46.5 Å². The molecule has 2 N–H and O–H groups in total. The summed E-state index contributed by atoms with van der Waals surface area (Å²) in [5, 5.41) is 11.7. The van der Waals surface area contributed by atoms with Gasteiger partial charge >= 0.3 is 6.09 Å². The molecule has 9 heteroatoms. The molecule has 1 amide bonds. The molecule has 3 aromatic rings. The summed E-state index contributed by atoms with van der Waals surface area (Å²) >= 11 is 0. The van der Waals surface area contributed by atoms with Crippen LogP contribution in [0, 0.1) is 0 Å². The largest absolute Gasteiger partial charge is 0.444 e. The van der Waals surface area contributed by atoms with Crippen LogP contribution in [0.3, 0.4) is 0 Å². The molecule has 1 aliphatic carbocycles. The zero-order chi connectivity index (χ0) is 23.0. The van der Waals surface area contributed by atoms with Crippen LogP contribution in [0.25, 0.3) is 17.0 Å². The average Bonchev–Trinajstić information content (AvgIpc) is 3.36. The average molecular weight is 450 g/mol. The number of rotatable bonds is 5. The van der Waals surface area contributed by atoms with Crippen LogP contribution in [0.15, 0.2) is 36.5 Å². The topological polar surface area (TPSA) is 96.7 Å². The molecule has 1 saturated carbocycles. The number of carbonyl (C=O) groups excluding carboxylic acids is 1. The second-order valence-electron chi connectivity index (χ2n) is 9.87. The number of nitrogens with zero attached hydrogens (tertiary/aromatic N) is 5. The van der Waals surface area contributed by atoms with E-state index in [-0.39, 0.29) is 12.1 Å². The lowest BCUT2D eigenvalue weighted by molar-refractivity contribution is 0.0293. The molecule has 0 radical (unpaired) electrons. The molecule has 1 saturated heterocycles. The van der Waals surface area contributed by atoms with Crippen molar-refractivity contribution in [2.45, 2.75) is 64.1 Å². The first-order valence-corrected chi connectivity index (χ1v) is 11.7. The van der Waals surface area contributed by atoms with Crippen molar-refractivity contribution in [2.75, 3.05) is 23.7 Å². The Balaban J connectivity index is 1.29. The van der Waals surface area contributed by atoms with Crippen molar-refractivity contribution in [1.29, 1.82) is 0 Å². The van der Waals surface area contributed by atoms with Gasteiger partial charge in [0, 0.05) is 25.2 Å². The summed E-state index contributed by atoms with van der Waals surface area (Å²) in [5.41, 5.74) is 1.93. The fourth-order valence-corrected chi connectivity index (χ4v) is 4.12. The van der Waals surface area contributed by atoms with Gasteiger partial charge in [-0.3, -0.25) is 0 Å². The van der Waals surface area contributed by atoms with E-state index in [9.17, 15) is 4.79 Å². The van der Waals surface area contributed by atoms with Crippen LogP contribution in [0.2, 0.25) is 0 Å². The summed E-state index contributed by atoms with van der Waals surface area (Å²) < 4.78 is 7.34. The first-order chi connectivity index (χ1) is 15.8. The third-order valence-corrected chi connectivity index (χ3v) is 6.02. The lowest BCUT2D eigenvalue weighted by Gasteiger charge is -2.26. The van der Waals surface area contributed by atoms with Crippen LogP contribution in [0.5, 0.6) is 0 Å². The van der Waals surface area contributed by atoms with Crippen LogP contribution < -0.4 is 10.6 Å². The summed E-state index contributed by atoms with van der Waals surface area (Å²) in [6.45, 7) is 6.91. The smallest absolute Gasteiger partial charge is 0.410 e. The standard InChI is InChI=1S/C24H31N7O2/c1-24(2,3)33-23(32)30-13-12-17(15-30)27-20-9-5-8-18(28-20)19-14-25-22-11-10-21(29-31(19)22)26-16-6-4-7-16/h5,8-11,14,16-17H,4,6-7,12-13,15H2,1-3H3,(H,26,29)(H,27,28). The van der Waals surface area contributed by atoms with E-state index in [0.717, 1.165) is 35.1 Å². The third kappa shape index (κ3) is 4.86.